The lowest BCUT2D eigenvalue weighted by Gasteiger charge is -2.30. The lowest BCUT2D eigenvalue weighted by atomic mass is 10.3. The van der Waals surface area contributed by atoms with E-state index in [0.717, 1.165) is 5.66 Å². The molecule has 0 saturated carbocycles. The molecule has 0 aromatic heterocycles. The molecule has 0 aliphatic carbocycles. The van der Waals surface area contributed by atoms with Crippen molar-refractivity contribution >= 4 is 7.26 Å². The van der Waals surface area contributed by atoms with Gasteiger partial charge < -0.3 is 0 Å². The second-order valence-electron chi connectivity index (χ2n) is 4.08. The van der Waals surface area contributed by atoms with E-state index in [1.165, 1.54) is 19.3 Å². The van der Waals surface area contributed by atoms with Crippen molar-refractivity contribution in [3.63, 3.8) is 0 Å². The van der Waals surface area contributed by atoms with Gasteiger partial charge in [0.05, 0.1) is 18.0 Å². The molecule has 1 fully saturated rings. The fourth-order valence-electron chi connectivity index (χ4n) is 1.75. The fraction of sp³-hybridized carbons (Fsp3) is 1.00. The van der Waals surface area contributed by atoms with Gasteiger partial charge in [0.25, 0.3) is 0 Å². The molecule has 0 aromatic rings. The van der Waals surface area contributed by atoms with Gasteiger partial charge in [0, 0.05) is 13.9 Å². The van der Waals surface area contributed by atoms with Crippen molar-refractivity contribution in [3.05, 3.63) is 0 Å². The molecule has 0 radical (unpaired) electrons. The second-order valence-corrected chi connectivity index (χ2v) is 8.97. The van der Waals surface area contributed by atoms with Crippen molar-refractivity contribution in [2.45, 2.75) is 38.8 Å². The number of hydrogen-bond acceptors (Lipinski definition) is 0. The minimum absolute atomic E-state index is 0.435. The summed E-state index contributed by atoms with van der Waals surface area (Å²) in [4.78, 5) is 0. The van der Waals surface area contributed by atoms with Gasteiger partial charge in [-0.2, -0.15) is 0 Å². The average Bonchev–Trinajstić information content (AvgIpc) is 1.89. The first-order valence-electron chi connectivity index (χ1n) is 4.49. The average molecular weight is 159 g/mol. The summed E-state index contributed by atoms with van der Waals surface area (Å²) in [6, 6.07) is 0. The van der Waals surface area contributed by atoms with Gasteiger partial charge in [-0.15, -0.1) is 0 Å². The van der Waals surface area contributed by atoms with E-state index in [1.54, 1.807) is 12.3 Å². The molecule has 0 bridgehead atoms. The Kier molecular flexibility index (Phi) is 2.74. The van der Waals surface area contributed by atoms with Crippen molar-refractivity contribution in [2.75, 3.05) is 19.0 Å². The van der Waals surface area contributed by atoms with Crippen molar-refractivity contribution in [1.82, 2.24) is 0 Å². The van der Waals surface area contributed by atoms with E-state index in [2.05, 4.69) is 20.5 Å². The molecule has 1 aliphatic heterocycles. The third kappa shape index (κ3) is 1.72. The Morgan fingerprint density at radius 1 is 1.00 bits per heavy atom. The standard InChI is InChI=1S/C9H20P/c1-9(2)10(3)7-5-4-6-8-10/h9H,4-8H2,1-3H3/q+1. The van der Waals surface area contributed by atoms with Crippen LogP contribution in [0.1, 0.15) is 33.1 Å². The highest BCUT2D eigenvalue weighted by atomic mass is 31.2. The van der Waals surface area contributed by atoms with Gasteiger partial charge in [0.1, 0.15) is 0 Å². The highest BCUT2D eigenvalue weighted by molar-refractivity contribution is 7.75. The minimum Gasteiger partial charge on any atom is -0.0464 e. The van der Waals surface area contributed by atoms with E-state index >= 15 is 0 Å². The molecule has 10 heavy (non-hydrogen) atoms. The van der Waals surface area contributed by atoms with Crippen molar-refractivity contribution in [1.29, 1.82) is 0 Å². The maximum Gasteiger partial charge on any atom is 0.0638 e. The van der Waals surface area contributed by atoms with E-state index in [1.807, 2.05) is 0 Å². The summed E-state index contributed by atoms with van der Waals surface area (Å²) in [5, 5.41) is 0. The summed E-state index contributed by atoms with van der Waals surface area (Å²) in [5.74, 6) is 0. The second kappa shape index (κ2) is 3.22. The summed E-state index contributed by atoms with van der Waals surface area (Å²) >= 11 is 0. The normalized spacial score (nSPS) is 25.2. The van der Waals surface area contributed by atoms with Gasteiger partial charge in [-0.3, -0.25) is 0 Å². The molecule has 1 aliphatic rings. The zero-order valence-corrected chi connectivity index (χ0v) is 8.45. The summed E-state index contributed by atoms with van der Waals surface area (Å²) in [7, 11) is -0.435. The molecule has 1 saturated heterocycles. The van der Waals surface area contributed by atoms with Gasteiger partial charge in [-0.1, -0.05) is 0 Å². The SMILES string of the molecule is CC(C)[P+]1(C)CCCCC1. The topological polar surface area (TPSA) is 0 Å². The molecular weight excluding hydrogens is 139 g/mol. The Hall–Kier alpha value is 0.430. The molecule has 0 spiro atoms. The highest BCUT2D eigenvalue weighted by Gasteiger charge is 2.36. The van der Waals surface area contributed by atoms with Crippen LogP contribution in [-0.2, 0) is 0 Å². The maximum atomic E-state index is 2.57. The van der Waals surface area contributed by atoms with E-state index in [-0.39, 0.29) is 0 Å². The first kappa shape index (κ1) is 8.53. The van der Waals surface area contributed by atoms with Crippen LogP contribution in [0.2, 0.25) is 0 Å². The van der Waals surface area contributed by atoms with E-state index in [4.69, 9.17) is 0 Å². The predicted molar refractivity (Wildman–Crippen MR) is 51.6 cm³/mol. The van der Waals surface area contributed by atoms with Crippen molar-refractivity contribution in [3.8, 4) is 0 Å². The van der Waals surface area contributed by atoms with Gasteiger partial charge >= 0.3 is 0 Å². The molecule has 1 heterocycles. The van der Waals surface area contributed by atoms with Crippen LogP contribution >= 0.6 is 7.26 Å². The van der Waals surface area contributed by atoms with E-state index < -0.39 is 7.26 Å². The first-order chi connectivity index (χ1) is 4.65. The van der Waals surface area contributed by atoms with E-state index in [9.17, 15) is 0 Å². The molecule has 0 amide bonds. The summed E-state index contributed by atoms with van der Waals surface area (Å²) in [5.41, 5.74) is 0.993. The fourth-order valence-corrected chi connectivity index (χ4v) is 4.90. The Bertz CT molecular complexity index is 101. The lowest BCUT2D eigenvalue weighted by Crippen LogP contribution is -2.16. The number of rotatable bonds is 1. The zero-order valence-electron chi connectivity index (χ0n) is 7.56. The van der Waals surface area contributed by atoms with Crippen molar-refractivity contribution < 1.29 is 0 Å². The van der Waals surface area contributed by atoms with Crippen LogP contribution in [0.4, 0.5) is 0 Å². The zero-order chi connectivity index (χ0) is 7.61. The third-order valence-electron chi connectivity index (χ3n) is 3.08. The van der Waals surface area contributed by atoms with Crippen LogP contribution in [-0.4, -0.2) is 24.6 Å². The number of hydrogen-bond donors (Lipinski definition) is 0. The Balaban J connectivity index is 2.48. The van der Waals surface area contributed by atoms with Crippen LogP contribution in [0.5, 0.6) is 0 Å². The summed E-state index contributed by atoms with van der Waals surface area (Å²) in [6.07, 6.45) is 7.68. The molecular formula is C9H20P+. The Morgan fingerprint density at radius 2 is 1.50 bits per heavy atom. The van der Waals surface area contributed by atoms with Crippen molar-refractivity contribution in [2.24, 2.45) is 0 Å². The van der Waals surface area contributed by atoms with Gasteiger partial charge in [0.15, 0.2) is 0 Å². The van der Waals surface area contributed by atoms with Crippen LogP contribution in [0.15, 0.2) is 0 Å². The largest absolute Gasteiger partial charge is 0.0638 e. The smallest absolute Gasteiger partial charge is 0.0464 e. The lowest BCUT2D eigenvalue weighted by molar-refractivity contribution is 0.737. The summed E-state index contributed by atoms with van der Waals surface area (Å²) in [6.45, 7) is 7.40. The predicted octanol–water partition coefficient (Wildman–Crippen LogP) is 3.23. The Morgan fingerprint density at radius 3 is 1.80 bits per heavy atom. The quantitative estimate of drug-likeness (QED) is 0.515. The molecule has 60 valence electrons. The first-order valence-corrected chi connectivity index (χ1v) is 7.17. The molecule has 0 aromatic carbocycles. The van der Waals surface area contributed by atoms with Gasteiger partial charge in [-0.25, -0.2) is 0 Å². The van der Waals surface area contributed by atoms with Crippen LogP contribution in [0, 0.1) is 0 Å². The molecule has 0 N–H and O–H groups in total. The molecule has 0 unspecified atom stereocenters. The molecule has 0 nitrogen and oxygen atoms in total. The Labute approximate surface area is 65.7 Å². The third-order valence-corrected chi connectivity index (χ3v) is 8.25. The van der Waals surface area contributed by atoms with Gasteiger partial charge in [-0.05, 0) is 33.1 Å². The maximum absolute atomic E-state index is 2.57. The molecule has 1 rings (SSSR count). The molecule has 1 heteroatoms. The van der Waals surface area contributed by atoms with E-state index in [0.29, 0.717) is 0 Å². The minimum atomic E-state index is -0.435. The van der Waals surface area contributed by atoms with Crippen LogP contribution in [0.3, 0.4) is 0 Å². The van der Waals surface area contributed by atoms with Crippen LogP contribution < -0.4 is 0 Å². The monoisotopic (exact) mass is 159 g/mol. The highest BCUT2D eigenvalue weighted by Crippen LogP contribution is 2.62. The molecule has 0 atom stereocenters. The van der Waals surface area contributed by atoms with Crippen LogP contribution in [0.25, 0.3) is 0 Å². The van der Waals surface area contributed by atoms with Gasteiger partial charge in [0.2, 0.25) is 0 Å². The summed E-state index contributed by atoms with van der Waals surface area (Å²) < 4.78 is 0.